The number of carbonyl (C=O) groups is 1. The minimum Gasteiger partial charge on any atom is -0.433 e. The highest BCUT2D eigenvalue weighted by Gasteiger charge is 2.16. The smallest absolute Gasteiger partial charge is 0.255 e. The normalized spacial score (nSPS) is 11.4. The summed E-state index contributed by atoms with van der Waals surface area (Å²) >= 11 is 0. The lowest BCUT2D eigenvalue weighted by Crippen LogP contribution is -2.35. The van der Waals surface area contributed by atoms with Gasteiger partial charge in [-0.3, -0.25) is 9.78 Å². The maximum absolute atomic E-state index is 12.7. The molecule has 3 aromatic rings. The Bertz CT molecular complexity index is 1000. The molecule has 3 rings (SSSR count). The van der Waals surface area contributed by atoms with Crippen molar-refractivity contribution in [3.63, 3.8) is 0 Å². The average molecular weight is 375 g/mol. The lowest BCUT2D eigenvalue weighted by Gasteiger charge is -2.21. The van der Waals surface area contributed by atoms with Gasteiger partial charge >= 0.3 is 0 Å². The summed E-state index contributed by atoms with van der Waals surface area (Å²) in [6.45, 7) is 1.97. The molecule has 0 saturated heterocycles. The Balaban J connectivity index is 1.64. The number of likely N-dealkylation sites (N-methyl/N-ethyl adjacent to an activating group) is 1. The standard InChI is InChI=1S/C22H21N3O3/c1-16-24-14-21(28-16)9-8-18-10-19(13-23-12-18)22(27)25(2)15-20(26)11-17-6-4-3-5-7-17/h3-7,10,12-14,20,26H,11,15H2,1-2H3/t20-/m0/s1. The van der Waals surface area contributed by atoms with Gasteiger partial charge in [0.25, 0.3) is 5.91 Å². The quantitative estimate of drug-likeness (QED) is 0.693. The number of rotatable bonds is 5. The summed E-state index contributed by atoms with van der Waals surface area (Å²) in [5.74, 6) is 6.54. The summed E-state index contributed by atoms with van der Waals surface area (Å²) in [7, 11) is 1.66. The van der Waals surface area contributed by atoms with Gasteiger partial charge in [-0.25, -0.2) is 4.98 Å². The SMILES string of the molecule is Cc1ncc(C#Cc2cncc(C(=O)N(C)C[C@@H](O)Cc3ccccc3)c2)o1. The third-order valence-electron chi connectivity index (χ3n) is 4.08. The number of amides is 1. The Labute approximate surface area is 163 Å². The summed E-state index contributed by atoms with van der Waals surface area (Å²) in [6.07, 6.45) is 4.46. The van der Waals surface area contributed by atoms with Crippen LogP contribution in [0.3, 0.4) is 0 Å². The molecule has 0 saturated carbocycles. The Morgan fingerprint density at radius 1 is 1.21 bits per heavy atom. The predicted molar refractivity (Wildman–Crippen MR) is 105 cm³/mol. The third kappa shape index (κ3) is 5.29. The molecule has 0 fully saturated rings. The number of nitrogens with zero attached hydrogens (tertiary/aromatic N) is 3. The number of aryl methyl sites for hydroxylation is 1. The van der Waals surface area contributed by atoms with Gasteiger partial charge in [0.1, 0.15) is 0 Å². The van der Waals surface area contributed by atoms with Crippen LogP contribution in [0.4, 0.5) is 0 Å². The van der Waals surface area contributed by atoms with Crippen LogP contribution in [0.5, 0.6) is 0 Å². The first-order chi connectivity index (χ1) is 13.5. The van der Waals surface area contributed by atoms with E-state index in [1.54, 1.807) is 32.4 Å². The summed E-state index contributed by atoms with van der Waals surface area (Å²) in [5, 5.41) is 10.3. The van der Waals surface area contributed by atoms with E-state index in [-0.39, 0.29) is 12.5 Å². The Morgan fingerprint density at radius 3 is 2.71 bits per heavy atom. The second-order valence-electron chi connectivity index (χ2n) is 6.49. The zero-order valence-corrected chi connectivity index (χ0v) is 15.8. The number of hydrogen-bond acceptors (Lipinski definition) is 5. The van der Waals surface area contributed by atoms with E-state index >= 15 is 0 Å². The average Bonchev–Trinajstić information content (AvgIpc) is 3.12. The Kier molecular flexibility index (Phi) is 6.20. The van der Waals surface area contributed by atoms with Crippen LogP contribution >= 0.6 is 0 Å². The van der Waals surface area contributed by atoms with Gasteiger partial charge in [-0.2, -0.15) is 0 Å². The molecule has 6 nitrogen and oxygen atoms in total. The Morgan fingerprint density at radius 2 is 2.00 bits per heavy atom. The molecule has 0 bridgehead atoms. The molecule has 1 atom stereocenters. The molecule has 0 aliphatic heterocycles. The molecule has 0 unspecified atom stereocenters. The lowest BCUT2D eigenvalue weighted by atomic mass is 10.1. The summed E-state index contributed by atoms with van der Waals surface area (Å²) < 4.78 is 5.31. The van der Waals surface area contributed by atoms with Crippen molar-refractivity contribution in [1.82, 2.24) is 14.9 Å². The van der Waals surface area contributed by atoms with Crippen molar-refractivity contribution in [2.75, 3.05) is 13.6 Å². The minimum atomic E-state index is -0.651. The summed E-state index contributed by atoms with van der Waals surface area (Å²) in [4.78, 5) is 22.2. The van der Waals surface area contributed by atoms with Crippen LogP contribution in [0, 0.1) is 18.8 Å². The number of carbonyl (C=O) groups excluding carboxylic acids is 1. The highest BCUT2D eigenvalue weighted by Crippen LogP contribution is 2.09. The van der Waals surface area contributed by atoms with Crippen molar-refractivity contribution in [2.45, 2.75) is 19.4 Å². The van der Waals surface area contributed by atoms with Crippen molar-refractivity contribution >= 4 is 5.91 Å². The molecule has 1 amide bonds. The topological polar surface area (TPSA) is 79.5 Å². The van der Waals surface area contributed by atoms with Crippen molar-refractivity contribution in [3.8, 4) is 11.8 Å². The zero-order valence-electron chi connectivity index (χ0n) is 15.8. The van der Waals surface area contributed by atoms with E-state index in [0.29, 0.717) is 29.2 Å². The molecular weight excluding hydrogens is 354 g/mol. The molecule has 1 N–H and O–H groups in total. The van der Waals surface area contributed by atoms with Crippen molar-refractivity contribution in [3.05, 3.63) is 83.3 Å². The van der Waals surface area contributed by atoms with Gasteiger partial charge in [0.15, 0.2) is 11.7 Å². The molecule has 0 spiro atoms. The molecule has 28 heavy (non-hydrogen) atoms. The maximum Gasteiger partial charge on any atom is 0.255 e. The molecule has 2 aromatic heterocycles. The highest BCUT2D eigenvalue weighted by atomic mass is 16.3. The number of aliphatic hydroxyl groups is 1. The third-order valence-corrected chi connectivity index (χ3v) is 4.08. The molecule has 6 heteroatoms. The van der Waals surface area contributed by atoms with Crippen molar-refractivity contribution in [1.29, 1.82) is 0 Å². The first-order valence-electron chi connectivity index (χ1n) is 8.88. The van der Waals surface area contributed by atoms with Crippen LogP contribution in [-0.4, -0.2) is 45.6 Å². The largest absolute Gasteiger partial charge is 0.433 e. The van der Waals surface area contributed by atoms with Gasteiger partial charge in [-0.1, -0.05) is 36.3 Å². The van der Waals surface area contributed by atoms with E-state index in [1.165, 1.54) is 11.1 Å². The van der Waals surface area contributed by atoms with Gasteiger partial charge in [-0.05, 0) is 17.6 Å². The maximum atomic E-state index is 12.7. The van der Waals surface area contributed by atoms with E-state index < -0.39 is 6.10 Å². The first kappa shape index (κ1) is 19.3. The predicted octanol–water partition coefficient (Wildman–Crippen LogP) is 2.45. The van der Waals surface area contributed by atoms with E-state index in [4.69, 9.17) is 4.42 Å². The van der Waals surface area contributed by atoms with Gasteiger partial charge < -0.3 is 14.4 Å². The van der Waals surface area contributed by atoms with Crippen LogP contribution in [0.15, 0.2) is 59.4 Å². The number of oxazole rings is 1. The fourth-order valence-electron chi connectivity index (χ4n) is 2.75. The van der Waals surface area contributed by atoms with Crippen molar-refractivity contribution < 1.29 is 14.3 Å². The number of aromatic nitrogens is 2. The molecule has 0 aliphatic rings. The monoisotopic (exact) mass is 375 g/mol. The molecule has 142 valence electrons. The van der Waals surface area contributed by atoms with E-state index in [9.17, 15) is 9.90 Å². The molecule has 0 radical (unpaired) electrons. The minimum absolute atomic E-state index is 0.223. The van der Waals surface area contributed by atoms with Crippen LogP contribution in [0.1, 0.15) is 33.1 Å². The number of benzene rings is 1. The summed E-state index contributed by atoms with van der Waals surface area (Å²) in [6, 6.07) is 11.4. The van der Waals surface area contributed by atoms with E-state index in [0.717, 1.165) is 5.56 Å². The number of pyridine rings is 1. The molecule has 1 aromatic carbocycles. The zero-order chi connectivity index (χ0) is 19.9. The summed E-state index contributed by atoms with van der Waals surface area (Å²) in [5.41, 5.74) is 2.03. The van der Waals surface area contributed by atoms with Gasteiger partial charge in [-0.15, -0.1) is 0 Å². The van der Waals surface area contributed by atoms with Crippen LogP contribution in [0.2, 0.25) is 0 Å². The lowest BCUT2D eigenvalue weighted by molar-refractivity contribution is 0.0681. The number of hydrogen-bond donors (Lipinski definition) is 1. The van der Waals surface area contributed by atoms with E-state index in [2.05, 4.69) is 21.8 Å². The van der Waals surface area contributed by atoms with Crippen LogP contribution < -0.4 is 0 Å². The second kappa shape index (κ2) is 8.98. The highest BCUT2D eigenvalue weighted by molar-refractivity contribution is 5.94. The van der Waals surface area contributed by atoms with Crippen molar-refractivity contribution in [2.24, 2.45) is 0 Å². The van der Waals surface area contributed by atoms with Gasteiger partial charge in [0.2, 0.25) is 0 Å². The molecule has 2 heterocycles. The fraction of sp³-hybridized carbons (Fsp3) is 0.227. The van der Waals surface area contributed by atoms with E-state index in [1.807, 2.05) is 30.3 Å². The number of aliphatic hydroxyl groups excluding tert-OH is 1. The van der Waals surface area contributed by atoms with Gasteiger partial charge in [0.05, 0.1) is 17.9 Å². The first-order valence-corrected chi connectivity index (χ1v) is 8.88. The van der Waals surface area contributed by atoms with Gasteiger partial charge in [0, 0.05) is 44.9 Å². The molecular formula is C22H21N3O3. The van der Waals surface area contributed by atoms with Crippen LogP contribution in [0.25, 0.3) is 0 Å². The second-order valence-corrected chi connectivity index (χ2v) is 6.49. The Hall–Kier alpha value is -3.43. The fourth-order valence-corrected chi connectivity index (χ4v) is 2.75. The molecule has 0 aliphatic carbocycles. The van der Waals surface area contributed by atoms with Crippen LogP contribution in [-0.2, 0) is 6.42 Å².